The fourth-order valence-corrected chi connectivity index (χ4v) is 8.72. The zero-order valence-electron chi connectivity index (χ0n) is 18.9. The zero-order valence-corrected chi connectivity index (χ0v) is 22.0. The third-order valence-corrected chi connectivity index (χ3v) is 10.2. The molecule has 2 N–H and O–H groups in total. The molecule has 0 heterocycles. The van der Waals surface area contributed by atoms with E-state index in [-0.39, 0.29) is 80.8 Å². The van der Waals surface area contributed by atoms with Gasteiger partial charge in [-0.1, -0.05) is 20.8 Å². The second-order valence-corrected chi connectivity index (χ2v) is 11.3. The van der Waals surface area contributed by atoms with E-state index in [1.807, 2.05) is 0 Å². The molecule has 10 atom stereocenters. The van der Waals surface area contributed by atoms with Crippen molar-refractivity contribution in [2.45, 2.75) is 97.2 Å². The predicted octanol–water partition coefficient (Wildman–Crippen LogP) is 0.147. The summed E-state index contributed by atoms with van der Waals surface area (Å²) in [5, 5.41) is 32.4. The standard InChI is InChI=1S/C24H40O4.K/c1-14(4-7-21(27)28)17-5-6-18-22-19(9-11-24(17,18)3)23(2)10-8-16(25)12-15(23)13-20(22)26;/h14-20,22,25-26H,4-13H2,1-3H3,(H,27,28);/q;+1/p-1/t14-,15+,16-,17-,18+,19?,20-,22+,23+,24-;/m1./s1. The second-order valence-electron chi connectivity index (χ2n) is 11.3. The van der Waals surface area contributed by atoms with Crippen LogP contribution in [0.2, 0.25) is 0 Å². The fraction of sp³-hybridized carbons (Fsp3) is 0.958. The smallest absolute Gasteiger partial charge is 0.550 e. The van der Waals surface area contributed by atoms with E-state index in [1.54, 1.807) is 0 Å². The summed E-state index contributed by atoms with van der Waals surface area (Å²) < 4.78 is 0. The van der Waals surface area contributed by atoms with Crippen molar-refractivity contribution >= 4 is 5.97 Å². The van der Waals surface area contributed by atoms with Gasteiger partial charge in [-0.05, 0) is 111 Å². The maximum atomic E-state index is 11.2. The Bertz CT molecular complexity index is 612. The summed E-state index contributed by atoms with van der Waals surface area (Å²) in [5.41, 5.74) is 0.494. The molecule has 4 nitrogen and oxygen atoms in total. The predicted molar refractivity (Wildman–Crippen MR) is 106 cm³/mol. The third-order valence-electron chi connectivity index (χ3n) is 10.2. The molecule has 4 saturated carbocycles. The maximum absolute atomic E-state index is 11.2. The van der Waals surface area contributed by atoms with Gasteiger partial charge in [0.25, 0.3) is 0 Å². The van der Waals surface area contributed by atoms with Crippen LogP contribution < -0.4 is 56.5 Å². The van der Waals surface area contributed by atoms with Crippen LogP contribution in [-0.2, 0) is 4.79 Å². The van der Waals surface area contributed by atoms with Crippen LogP contribution in [0.3, 0.4) is 0 Å². The number of rotatable bonds is 4. The molecular formula is C24H39KO4. The van der Waals surface area contributed by atoms with Crippen molar-refractivity contribution in [2.24, 2.45) is 46.3 Å². The van der Waals surface area contributed by atoms with Gasteiger partial charge in [0.15, 0.2) is 0 Å². The number of aliphatic hydroxyl groups is 2. The average molecular weight is 431 g/mol. The molecule has 0 aromatic carbocycles. The fourth-order valence-electron chi connectivity index (χ4n) is 8.72. The summed E-state index contributed by atoms with van der Waals surface area (Å²) in [6, 6.07) is 0. The molecule has 1 unspecified atom stereocenters. The van der Waals surface area contributed by atoms with Gasteiger partial charge in [-0.2, -0.15) is 0 Å². The number of aliphatic hydroxyl groups excluding tert-OH is 2. The summed E-state index contributed by atoms with van der Waals surface area (Å²) in [6.45, 7) is 7.11. The van der Waals surface area contributed by atoms with Crippen LogP contribution in [0, 0.1) is 46.3 Å². The number of carboxylic acid groups (broad SMARTS) is 1. The number of aliphatic carboxylic acids is 1. The van der Waals surface area contributed by atoms with E-state index in [0.717, 1.165) is 25.7 Å². The van der Waals surface area contributed by atoms with Crippen molar-refractivity contribution in [3.05, 3.63) is 0 Å². The molecule has 160 valence electrons. The Labute approximate surface area is 219 Å². The molecule has 0 saturated heterocycles. The van der Waals surface area contributed by atoms with Gasteiger partial charge in [0, 0.05) is 5.97 Å². The van der Waals surface area contributed by atoms with E-state index in [9.17, 15) is 20.1 Å². The van der Waals surface area contributed by atoms with E-state index in [0.29, 0.717) is 41.9 Å². The normalized spacial score (nSPS) is 49.9. The van der Waals surface area contributed by atoms with Crippen LogP contribution in [0.1, 0.15) is 85.0 Å². The Morgan fingerprint density at radius 3 is 2.38 bits per heavy atom. The minimum Gasteiger partial charge on any atom is -0.550 e. The van der Waals surface area contributed by atoms with Gasteiger partial charge in [0.1, 0.15) is 0 Å². The minimum atomic E-state index is -0.934. The molecule has 0 bridgehead atoms. The molecule has 4 aliphatic carbocycles. The summed E-state index contributed by atoms with van der Waals surface area (Å²) in [4.78, 5) is 10.9. The third kappa shape index (κ3) is 4.20. The monoisotopic (exact) mass is 430 g/mol. The molecule has 0 aromatic heterocycles. The van der Waals surface area contributed by atoms with E-state index in [2.05, 4.69) is 20.8 Å². The van der Waals surface area contributed by atoms with E-state index >= 15 is 0 Å². The van der Waals surface area contributed by atoms with Crippen LogP contribution in [0.5, 0.6) is 0 Å². The Kier molecular flexibility index (Phi) is 7.75. The largest absolute Gasteiger partial charge is 1.00 e. The van der Waals surface area contributed by atoms with Crippen molar-refractivity contribution in [2.75, 3.05) is 0 Å². The summed E-state index contributed by atoms with van der Waals surface area (Å²) in [5.74, 6) is 1.99. The van der Waals surface area contributed by atoms with Gasteiger partial charge in [-0.3, -0.25) is 0 Å². The molecular weight excluding hydrogens is 391 g/mol. The van der Waals surface area contributed by atoms with Gasteiger partial charge in [-0.25, -0.2) is 0 Å². The van der Waals surface area contributed by atoms with Crippen LogP contribution >= 0.6 is 0 Å². The summed E-state index contributed by atoms with van der Waals surface area (Å²) >= 11 is 0. The van der Waals surface area contributed by atoms with E-state index in [1.165, 1.54) is 25.7 Å². The molecule has 29 heavy (non-hydrogen) atoms. The van der Waals surface area contributed by atoms with Crippen LogP contribution in [-0.4, -0.2) is 28.4 Å². The van der Waals surface area contributed by atoms with Gasteiger partial charge in [0.2, 0.25) is 0 Å². The number of carboxylic acids is 1. The SMILES string of the molecule is C[C@H](CCC(=O)[O-])[C@H]1CC[C@H]2[C@H]3C(CC[C@]12C)[C@@]1(C)CC[C@@H](O)C[C@H]1C[C@H]3O.[K+]. The Morgan fingerprint density at radius 1 is 1.03 bits per heavy atom. The molecule has 0 aromatic rings. The van der Waals surface area contributed by atoms with Gasteiger partial charge in [-0.15, -0.1) is 0 Å². The quantitative estimate of drug-likeness (QED) is 0.622. The van der Waals surface area contributed by atoms with Crippen molar-refractivity contribution in [3.8, 4) is 0 Å². The Hall–Kier alpha value is 1.03. The van der Waals surface area contributed by atoms with Gasteiger partial charge in [0.05, 0.1) is 12.2 Å². The Balaban J connectivity index is 0.00000240. The zero-order chi connectivity index (χ0) is 20.3. The topological polar surface area (TPSA) is 80.6 Å². The van der Waals surface area contributed by atoms with Crippen molar-refractivity contribution in [3.63, 3.8) is 0 Å². The van der Waals surface area contributed by atoms with E-state index in [4.69, 9.17) is 0 Å². The number of hydrogen-bond donors (Lipinski definition) is 2. The number of carbonyl (C=O) groups excluding carboxylic acids is 1. The van der Waals surface area contributed by atoms with Crippen LogP contribution in [0.15, 0.2) is 0 Å². The second kappa shape index (κ2) is 9.11. The first-order valence-corrected chi connectivity index (χ1v) is 11.7. The van der Waals surface area contributed by atoms with Crippen LogP contribution in [0.4, 0.5) is 0 Å². The van der Waals surface area contributed by atoms with Crippen molar-refractivity contribution < 1.29 is 71.5 Å². The first-order valence-electron chi connectivity index (χ1n) is 11.7. The van der Waals surface area contributed by atoms with Crippen molar-refractivity contribution in [1.82, 2.24) is 0 Å². The Morgan fingerprint density at radius 2 is 1.69 bits per heavy atom. The average Bonchev–Trinajstić information content (AvgIpc) is 2.98. The van der Waals surface area contributed by atoms with Crippen LogP contribution in [0.25, 0.3) is 0 Å². The summed E-state index contributed by atoms with van der Waals surface area (Å²) in [6.07, 6.45) is 8.91. The first-order chi connectivity index (χ1) is 13.2. The molecule has 0 aliphatic heterocycles. The first kappa shape index (κ1) is 24.7. The maximum Gasteiger partial charge on any atom is 1.00 e. The molecule has 4 fully saturated rings. The van der Waals surface area contributed by atoms with Gasteiger partial charge >= 0.3 is 51.4 Å². The number of hydrogen-bond acceptors (Lipinski definition) is 4. The molecule has 4 aliphatic rings. The van der Waals surface area contributed by atoms with Crippen molar-refractivity contribution in [1.29, 1.82) is 0 Å². The summed E-state index contributed by atoms with van der Waals surface area (Å²) in [7, 11) is 0. The number of fused-ring (bicyclic) bond motifs is 5. The molecule has 0 spiro atoms. The molecule has 0 radical (unpaired) electrons. The minimum absolute atomic E-state index is 0. The van der Waals surface area contributed by atoms with Gasteiger partial charge < -0.3 is 20.1 Å². The molecule has 4 rings (SSSR count). The molecule has 5 heteroatoms. The number of carbonyl (C=O) groups is 1. The molecule has 0 amide bonds. The van der Waals surface area contributed by atoms with E-state index < -0.39 is 5.97 Å².